The van der Waals surface area contributed by atoms with Crippen LogP contribution in [0.4, 0.5) is 0 Å². The van der Waals surface area contributed by atoms with Crippen LogP contribution >= 0.6 is 0 Å². The first kappa shape index (κ1) is 16.2. The Balaban J connectivity index is 2.00. The van der Waals surface area contributed by atoms with E-state index in [1.165, 1.54) is 11.6 Å². The molecule has 0 aromatic heterocycles. The van der Waals surface area contributed by atoms with Gasteiger partial charge in [-0.15, -0.1) is 0 Å². The van der Waals surface area contributed by atoms with E-state index in [1.54, 1.807) is 12.1 Å². The lowest BCUT2D eigenvalue weighted by Gasteiger charge is -2.20. The molecule has 2 aromatic carbocycles. The summed E-state index contributed by atoms with van der Waals surface area (Å²) in [5.74, 6) is 1.11. The molecule has 0 fully saturated rings. The number of benzene rings is 2. The average molecular weight is 300 g/mol. The van der Waals surface area contributed by atoms with E-state index >= 15 is 0 Å². The van der Waals surface area contributed by atoms with Crippen LogP contribution in [0.5, 0.6) is 17.2 Å². The molecule has 0 amide bonds. The highest BCUT2D eigenvalue weighted by molar-refractivity contribution is 5.40. The van der Waals surface area contributed by atoms with Gasteiger partial charge in [0.05, 0.1) is 0 Å². The van der Waals surface area contributed by atoms with Crippen molar-refractivity contribution in [3.63, 3.8) is 0 Å². The summed E-state index contributed by atoms with van der Waals surface area (Å²) in [6.07, 6.45) is 1.80. The first-order valence-corrected chi connectivity index (χ1v) is 7.66. The molecule has 3 nitrogen and oxygen atoms in total. The zero-order chi connectivity index (χ0) is 16.3. The van der Waals surface area contributed by atoms with Gasteiger partial charge in [0, 0.05) is 0 Å². The number of hydrogen-bond acceptors (Lipinski definition) is 3. The van der Waals surface area contributed by atoms with Crippen LogP contribution in [0.25, 0.3) is 0 Å². The zero-order valence-corrected chi connectivity index (χ0v) is 13.4. The summed E-state index contributed by atoms with van der Waals surface area (Å²) in [5, 5.41) is 28.5. The van der Waals surface area contributed by atoms with Gasteiger partial charge in [0.2, 0.25) is 0 Å². The molecule has 0 aliphatic carbocycles. The van der Waals surface area contributed by atoms with Gasteiger partial charge in [-0.3, -0.25) is 0 Å². The van der Waals surface area contributed by atoms with Crippen LogP contribution in [-0.4, -0.2) is 15.3 Å². The molecule has 0 radical (unpaired) electrons. The lowest BCUT2D eigenvalue weighted by Crippen LogP contribution is -2.13. The number of phenols is 3. The Labute approximate surface area is 131 Å². The molecule has 0 aliphatic heterocycles. The molecule has 0 spiro atoms. The molecule has 0 saturated heterocycles. The van der Waals surface area contributed by atoms with Crippen molar-refractivity contribution >= 4 is 0 Å². The summed E-state index contributed by atoms with van der Waals surface area (Å²) in [7, 11) is 0. The smallest absolute Gasteiger partial charge is 0.157 e. The molecule has 22 heavy (non-hydrogen) atoms. The van der Waals surface area contributed by atoms with Gasteiger partial charge in [-0.1, -0.05) is 32.0 Å². The van der Waals surface area contributed by atoms with Crippen LogP contribution < -0.4 is 0 Å². The fourth-order valence-electron chi connectivity index (χ4n) is 2.69. The monoisotopic (exact) mass is 300 g/mol. The van der Waals surface area contributed by atoms with E-state index in [0.29, 0.717) is 17.6 Å². The topological polar surface area (TPSA) is 60.7 Å². The van der Waals surface area contributed by atoms with Crippen LogP contribution in [0.15, 0.2) is 36.4 Å². The lowest BCUT2D eigenvalue weighted by atomic mass is 9.85. The number of aromatic hydroxyl groups is 3. The van der Waals surface area contributed by atoms with Crippen molar-refractivity contribution in [1.29, 1.82) is 0 Å². The van der Waals surface area contributed by atoms with Gasteiger partial charge in [-0.25, -0.2) is 0 Å². The molecule has 118 valence electrons. The third-order valence-electron chi connectivity index (χ3n) is 4.39. The lowest BCUT2D eigenvalue weighted by molar-refractivity contribution is 0.379. The Bertz CT molecular complexity index is 592. The summed E-state index contributed by atoms with van der Waals surface area (Å²) >= 11 is 0. The summed E-state index contributed by atoms with van der Waals surface area (Å²) in [5.41, 5.74) is 3.15. The Hall–Kier alpha value is -2.16. The van der Waals surface area contributed by atoms with Gasteiger partial charge >= 0.3 is 0 Å². The highest BCUT2D eigenvalue weighted by Crippen LogP contribution is 2.28. The second-order valence-corrected chi connectivity index (χ2v) is 6.31. The second-order valence-electron chi connectivity index (χ2n) is 6.31. The third kappa shape index (κ3) is 3.94. The maximum atomic E-state index is 9.59. The van der Waals surface area contributed by atoms with Crippen molar-refractivity contribution in [3.8, 4) is 17.2 Å². The fourth-order valence-corrected chi connectivity index (χ4v) is 2.69. The van der Waals surface area contributed by atoms with E-state index in [-0.39, 0.29) is 11.5 Å². The molecule has 0 unspecified atom stereocenters. The molecule has 3 N–H and O–H groups in total. The molecular weight excluding hydrogens is 276 g/mol. The van der Waals surface area contributed by atoms with Gasteiger partial charge in [0.1, 0.15) is 5.75 Å². The minimum Gasteiger partial charge on any atom is -0.508 e. The van der Waals surface area contributed by atoms with Crippen LogP contribution in [0.3, 0.4) is 0 Å². The van der Waals surface area contributed by atoms with Gasteiger partial charge in [0.15, 0.2) is 11.5 Å². The van der Waals surface area contributed by atoms with Crippen LogP contribution in [-0.2, 0) is 12.8 Å². The van der Waals surface area contributed by atoms with Gasteiger partial charge in [-0.2, -0.15) is 0 Å². The predicted molar refractivity (Wildman–Crippen MR) is 88.4 cm³/mol. The van der Waals surface area contributed by atoms with Crippen molar-refractivity contribution in [1.82, 2.24) is 0 Å². The second kappa shape index (κ2) is 6.73. The quantitative estimate of drug-likeness (QED) is 0.726. The van der Waals surface area contributed by atoms with Crippen molar-refractivity contribution < 1.29 is 15.3 Å². The molecule has 3 heteroatoms. The SMILES string of the molecule is Cc1cc(C[C@@H](C)[C@@H](C)Cc2ccc(O)c(O)c2)ccc1O. The van der Waals surface area contributed by atoms with E-state index in [9.17, 15) is 15.3 Å². The standard InChI is InChI=1S/C19H24O3/c1-12(8-15-4-6-17(20)14(3)10-15)13(2)9-16-5-7-18(21)19(22)11-16/h4-7,10-13,20-22H,8-9H2,1-3H3/t12-,13+/m1/s1. The number of rotatable bonds is 5. The Morgan fingerprint density at radius 2 is 1.23 bits per heavy atom. The van der Waals surface area contributed by atoms with Crippen LogP contribution in [0.2, 0.25) is 0 Å². The molecule has 2 aromatic rings. The van der Waals surface area contributed by atoms with Crippen molar-refractivity contribution in [2.45, 2.75) is 33.6 Å². The number of aryl methyl sites for hydroxylation is 1. The van der Waals surface area contributed by atoms with Gasteiger partial charge in [0.25, 0.3) is 0 Å². The van der Waals surface area contributed by atoms with E-state index < -0.39 is 0 Å². The minimum absolute atomic E-state index is 0.0634. The van der Waals surface area contributed by atoms with Crippen molar-refractivity contribution in [2.75, 3.05) is 0 Å². The number of hydrogen-bond donors (Lipinski definition) is 3. The summed E-state index contributed by atoms with van der Waals surface area (Å²) in [6, 6.07) is 10.8. The first-order valence-electron chi connectivity index (χ1n) is 7.66. The molecular formula is C19H24O3. The molecule has 0 aliphatic rings. The van der Waals surface area contributed by atoms with Crippen LogP contribution in [0, 0.1) is 18.8 Å². The Morgan fingerprint density at radius 1 is 0.727 bits per heavy atom. The first-order chi connectivity index (χ1) is 10.4. The molecule has 2 atom stereocenters. The third-order valence-corrected chi connectivity index (χ3v) is 4.39. The van der Waals surface area contributed by atoms with Crippen molar-refractivity contribution in [3.05, 3.63) is 53.1 Å². The highest BCUT2D eigenvalue weighted by atomic mass is 16.3. The number of phenolic OH excluding ortho intramolecular Hbond substituents is 3. The van der Waals surface area contributed by atoms with Gasteiger partial charge in [-0.05, 0) is 66.5 Å². The summed E-state index contributed by atoms with van der Waals surface area (Å²) < 4.78 is 0. The summed E-state index contributed by atoms with van der Waals surface area (Å²) in [4.78, 5) is 0. The maximum absolute atomic E-state index is 9.59. The highest BCUT2D eigenvalue weighted by Gasteiger charge is 2.15. The Morgan fingerprint density at radius 3 is 1.73 bits per heavy atom. The largest absolute Gasteiger partial charge is 0.508 e. The van der Waals surface area contributed by atoms with E-state index in [4.69, 9.17) is 0 Å². The predicted octanol–water partition coefficient (Wildman–Crippen LogP) is 4.17. The van der Waals surface area contributed by atoms with E-state index in [0.717, 1.165) is 24.0 Å². The molecule has 0 bridgehead atoms. The molecule has 2 rings (SSSR count). The minimum atomic E-state index is -0.0796. The van der Waals surface area contributed by atoms with Crippen molar-refractivity contribution in [2.24, 2.45) is 11.8 Å². The normalized spacial score (nSPS) is 13.8. The Kier molecular flexibility index (Phi) is 4.96. The fraction of sp³-hybridized carbons (Fsp3) is 0.368. The molecule has 0 saturated carbocycles. The average Bonchev–Trinajstić information content (AvgIpc) is 2.46. The van der Waals surface area contributed by atoms with Gasteiger partial charge < -0.3 is 15.3 Å². The van der Waals surface area contributed by atoms with Crippen LogP contribution in [0.1, 0.15) is 30.5 Å². The van der Waals surface area contributed by atoms with E-state index in [2.05, 4.69) is 13.8 Å². The maximum Gasteiger partial charge on any atom is 0.157 e. The zero-order valence-electron chi connectivity index (χ0n) is 13.4. The van der Waals surface area contributed by atoms with E-state index in [1.807, 2.05) is 25.1 Å². The molecule has 0 heterocycles. The summed E-state index contributed by atoms with van der Waals surface area (Å²) in [6.45, 7) is 6.32.